The molecule has 0 aromatic heterocycles. The standard InChI is InChI=1S/C32H39NO5S.Li/c1-23-10-6-7-14-27(23)29-21-25(15-16-28(29)31(34)33-30(32(35)36)17-19-39-3)22-38-18-8-4-5-11-24-12-9-13-26(20-24)37-2;/h6-7,9-10,12-16,20-21,30H,4-5,8,11,17-19,22H2,1-3H3,(H,33,34)(H,35,36);/q;+1/p-1/t30-;/m0./s1. The molecular formula is C32H38LiNO5S. The van der Waals surface area contributed by atoms with Crippen LogP contribution in [0.15, 0.2) is 66.7 Å². The minimum absolute atomic E-state index is 0. The molecule has 40 heavy (non-hydrogen) atoms. The first-order valence-corrected chi connectivity index (χ1v) is 14.7. The Morgan fingerprint density at radius 2 is 1.75 bits per heavy atom. The Morgan fingerprint density at radius 1 is 0.950 bits per heavy atom. The molecule has 0 heterocycles. The summed E-state index contributed by atoms with van der Waals surface area (Å²) in [6.45, 7) is 3.09. The first kappa shape index (κ1) is 33.5. The Morgan fingerprint density at radius 3 is 2.48 bits per heavy atom. The van der Waals surface area contributed by atoms with E-state index in [1.54, 1.807) is 13.2 Å². The van der Waals surface area contributed by atoms with Gasteiger partial charge in [0.15, 0.2) is 0 Å². The molecular weight excluding hydrogens is 517 g/mol. The zero-order valence-corrected chi connectivity index (χ0v) is 24.9. The van der Waals surface area contributed by atoms with Crippen LogP contribution in [0.4, 0.5) is 0 Å². The summed E-state index contributed by atoms with van der Waals surface area (Å²) in [6, 6.07) is 20.6. The van der Waals surface area contributed by atoms with Gasteiger partial charge in [-0.05, 0) is 96.7 Å². The van der Waals surface area contributed by atoms with Crippen molar-refractivity contribution in [3.05, 3.63) is 89.0 Å². The Kier molecular flexibility index (Phi) is 15.0. The average molecular weight is 556 g/mol. The quantitative estimate of drug-likeness (QED) is 0.216. The van der Waals surface area contributed by atoms with Crippen molar-refractivity contribution in [2.45, 2.75) is 51.7 Å². The van der Waals surface area contributed by atoms with Crippen LogP contribution >= 0.6 is 11.8 Å². The summed E-state index contributed by atoms with van der Waals surface area (Å²) in [4.78, 5) is 24.8. The molecule has 0 saturated heterocycles. The van der Waals surface area contributed by atoms with Crippen molar-refractivity contribution in [2.75, 3.05) is 25.7 Å². The van der Waals surface area contributed by atoms with Gasteiger partial charge in [-0.3, -0.25) is 4.79 Å². The third-order valence-corrected chi connectivity index (χ3v) is 7.27. The van der Waals surface area contributed by atoms with Crippen molar-refractivity contribution in [1.82, 2.24) is 5.32 Å². The largest absolute Gasteiger partial charge is 1.00 e. The van der Waals surface area contributed by atoms with E-state index in [1.807, 2.05) is 61.7 Å². The second kappa shape index (κ2) is 17.9. The van der Waals surface area contributed by atoms with Crippen molar-refractivity contribution in [1.29, 1.82) is 0 Å². The normalized spacial score (nSPS) is 11.4. The van der Waals surface area contributed by atoms with Crippen LogP contribution in [0.25, 0.3) is 11.1 Å². The summed E-state index contributed by atoms with van der Waals surface area (Å²) in [5.41, 5.74) is 5.38. The monoisotopic (exact) mass is 555 g/mol. The second-order valence-electron chi connectivity index (χ2n) is 9.54. The van der Waals surface area contributed by atoms with E-state index >= 15 is 0 Å². The number of carbonyl (C=O) groups is 2. The summed E-state index contributed by atoms with van der Waals surface area (Å²) in [5, 5.41) is 14.2. The van der Waals surface area contributed by atoms with Crippen LogP contribution in [0.2, 0.25) is 0 Å². The molecule has 8 heteroatoms. The molecule has 0 bridgehead atoms. The fourth-order valence-electron chi connectivity index (χ4n) is 4.43. The molecule has 6 nitrogen and oxygen atoms in total. The van der Waals surface area contributed by atoms with E-state index < -0.39 is 17.9 Å². The molecule has 208 valence electrons. The fraction of sp³-hybridized carbons (Fsp3) is 0.375. The maximum absolute atomic E-state index is 13.2. The summed E-state index contributed by atoms with van der Waals surface area (Å²) < 4.78 is 11.3. The van der Waals surface area contributed by atoms with Gasteiger partial charge in [-0.2, -0.15) is 11.8 Å². The molecule has 0 saturated carbocycles. The Bertz CT molecular complexity index is 1240. The van der Waals surface area contributed by atoms with Gasteiger partial charge in [-0.25, -0.2) is 0 Å². The number of unbranched alkanes of at least 4 members (excludes halogenated alkanes) is 2. The molecule has 1 atom stereocenters. The number of aryl methyl sites for hydroxylation is 2. The minimum Gasteiger partial charge on any atom is -0.548 e. The Labute approximate surface area is 254 Å². The number of rotatable bonds is 16. The molecule has 3 aromatic rings. The molecule has 3 rings (SSSR count). The number of carboxylic acid groups (broad SMARTS) is 1. The van der Waals surface area contributed by atoms with Crippen LogP contribution in [0.1, 0.15) is 52.7 Å². The predicted molar refractivity (Wildman–Crippen MR) is 156 cm³/mol. The van der Waals surface area contributed by atoms with E-state index in [4.69, 9.17) is 9.47 Å². The molecule has 0 radical (unpaired) electrons. The molecule has 0 aliphatic heterocycles. The number of ether oxygens (including phenoxy) is 2. The van der Waals surface area contributed by atoms with E-state index in [1.165, 1.54) is 17.3 Å². The van der Waals surface area contributed by atoms with E-state index in [0.717, 1.165) is 53.7 Å². The number of methoxy groups -OCH3 is 1. The van der Waals surface area contributed by atoms with Crippen LogP contribution in [-0.4, -0.2) is 43.6 Å². The smallest absolute Gasteiger partial charge is 0.548 e. The Hall–Kier alpha value is -2.69. The summed E-state index contributed by atoms with van der Waals surface area (Å²) >= 11 is 1.53. The van der Waals surface area contributed by atoms with E-state index in [2.05, 4.69) is 17.4 Å². The Balaban J connectivity index is 0.00000560. The van der Waals surface area contributed by atoms with E-state index in [0.29, 0.717) is 31.0 Å². The maximum Gasteiger partial charge on any atom is 1.00 e. The van der Waals surface area contributed by atoms with Crippen molar-refractivity contribution >= 4 is 23.6 Å². The zero-order chi connectivity index (χ0) is 28.0. The van der Waals surface area contributed by atoms with E-state index in [9.17, 15) is 14.7 Å². The number of nitrogens with one attached hydrogen (secondary N) is 1. The molecule has 0 fully saturated rings. The van der Waals surface area contributed by atoms with Gasteiger partial charge in [0, 0.05) is 12.2 Å². The third kappa shape index (κ3) is 10.4. The number of amides is 1. The summed E-state index contributed by atoms with van der Waals surface area (Å²) in [6.07, 6.45) is 6.34. The summed E-state index contributed by atoms with van der Waals surface area (Å²) in [5.74, 6) is -0.199. The first-order valence-electron chi connectivity index (χ1n) is 13.3. The molecule has 1 N–H and O–H groups in total. The van der Waals surface area contributed by atoms with Gasteiger partial charge < -0.3 is 24.7 Å². The van der Waals surface area contributed by atoms with Crippen LogP contribution in [0.5, 0.6) is 5.75 Å². The zero-order valence-electron chi connectivity index (χ0n) is 24.0. The number of carboxylic acids is 1. The van der Waals surface area contributed by atoms with Gasteiger partial charge >= 0.3 is 18.9 Å². The molecule has 3 aromatic carbocycles. The number of carbonyl (C=O) groups excluding carboxylic acids is 2. The number of hydrogen-bond acceptors (Lipinski definition) is 6. The van der Waals surface area contributed by atoms with Crippen LogP contribution in [0.3, 0.4) is 0 Å². The van der Waals surface area contributed by atoms with Crippen molar-refractivity contribution in [3.63, 3.8) is 0 Å². The van der Waals surface area contributed by atoms with Crippen molar-refractivity contribution < 1.29 is 43.0 Å². The van der Waals surface area contributed by atoms with Crippen LogP contribution < -0.4 is 34.0 Å². The third-order valence-electron chi connectivity index (χ3n) is 6.62. The molecule has 1 amide bonds. The topological polar surface area (TPSA) is 87.7 Å². The van der Waals surface area contributed by atoms with Crippen LogP contribution in [0, 0.1) is 6.92 Å². The van der Waals surface area contributed by atoms with Gasteiger partial charge in [-0.15, -0.1) is 0 Å². The van der Waals surface area contributed by atoms with Crippen LogP contribution in [-0.2, 0) is 22.6 Å². The number of hydrogen-bond donors (Lipinski definition) is 1. The number of benzene rings is 3. The molecule has 0 spiro atoms. The maximum atomic E-state index is 13.2. The number of aliphatic carboxylic acids is 1. The minimum atomic E-state index is -1.27. The SMILES string of the molecule is COc1cccc(CCCCCOCc2ccc(C(=O)N[C@@H](CCSC)C(=O)[O-])c(-c3ccccc3C)c2)c1.[Li+]. The predicted octanol–water partition coefficient (Wildman–Crippen LogP) is 2.21. The molecule has 0 unspecified atom stereocenters. The van der Waals surface area contributed by atoms with Gasteiger partial charge in [0.1, 0.15) is 5.75 Å². The van der Waals surface area contributed by atoms with E-state index in [-0.39, 0.29) is 18.9 Å². The first-order chi connectivity index (χ1) is 18.9. The fourth-order valence-corrected chi connectivity index (χ4v) is 4.90. The van der Waals surface area contributed by atoms with Gasteiger partial charge in [0.05, 0.1) is 25.7 Å². The van der Waals surface area contributed by atoms with Gasteiger partial charge in [0.2, 0.25) is 0 Å². The molecule has 0 aliphatic carbocycles. The summed E-state index contributed by atoms with van der Waals surface area (Å²) in [7, 11) is 1.68. The number of thioether (sulfide) groups is 1. The van der Waals surface area contributed by atoms with Crippen molar-refractivity contribution in [2.24, 2.45) is 0 Å². The van der Waals surface area contributed by atoms with Gasteiger partial charge in [0.25, 0.3) is 5.91 Å². The van der Waals surface area contributed by atoms with Crippen molar-refractivity contribution in [3.8, 4) is 16.9 Å². The molecule has 0 aliphatic rings. The van der Waals surface area contributed by atoms with Gasteiger partial charge in [-0.1, -0.05) is 48.9 Å². The second-order valence-corrected chi connectivity index (χ2v) is 10.5. The average Bonchev–Trinajstić information content (AvgIpc) is 2.94.